The van der Waals surface area contributed by atoms with Gasteiger partial charge < -0.3 is 14.2 Å². The Labute approximate surface area is 222 Å². The van der Waals surface area contributed by atoms with Crippen LogP contribution in [0.5, 0.6) is 17.2 Å². The number of benzene rings is 2. The van der Waals surface area contributed by atoms with Gasteiger partial charge in [-0.1, -0.05) is 13.0 Å². The third-order valence-electron chi connectivity index (χ3n) is 5.44. The molecular weight excluding hydrogens is 579 g/mol. The Morgan fingerprint density at radius 1 is 1.14 bits per heavy atom. The van der Waals surface area contributed by atoms with Crippen LogP contribution in [0.2, 0.25) is 0 Å². The van der Waals surface area contributed by atoms with Gasteiger partial charge in [-0.3, -0.25) is 10.2 Å². The number of ether oxygens (including phenoxy) is 3. The van der Waals surface area contributed by atoms with E-state index in [1.165, 1.54) is 27.9 Å². The molecule has 10 heteroatoms. The number of aliphatic imine (C=N–C) groups is 1. The molecule has 182 valence electrons. The molecule has 0 aromatic heterocycles. The molecule has 0 radical (unpaired) electrons. The van der Waals surface area contributed by atoms with Crippen LogP contribution in [0.1, 0.15) is 30.0 Å². The molecular formula is C25H25IN4O4S. The van der Waals surface area contributed by atoms with E-state index in [1.807, 2.05) is 31.2 Å². The topological polar surface area (TPSA) is 96.6 Å². The Morgan fingerprint density at radius 2 is 1.91 bits per heavy atom. The van der Waals surface area contributed by atoms with E-state index in [4.69, 9.17) is 19.6 Å². The summed E-state index contributed by atoms with van der Waals surface area (Å²) in [7, 11) is 1.56. The number of methoxy groups -OCH3 is 1. The summed E-state index contributed by atoms with van der Waals surface area (Å²) in [5.41, 5.74) is 3.27. The van der Waals surface area contributed by atoms with E-state index in [0.29, 0.717) is 41.9 Å². The van der Waals surface area contributed by atoms with Gasteiger partial charge in [-0.2, -0.15) is 15.1 Å². The van der Waals surface area contributed by atoms with E-state index in [1.54, 1.807) is 19.3 Å². The lowest BCUT2D eigenvalue weighted by Crippen LogP contribution is -2.35. The average molecular weight is 604 g/mol. The molecule has 1 amide bonds. The summed E-state index contributed by atoms with van der Waals surface area (Å²) in [5.74, 6) is 1.47. The standard InChI is InChI=1S/C25H25IN4O4S/c1-5-21-29-30-23(27)18(24(31)28-25(30)35-21)11-16-12-19(26)22(20(13-16)32-4)34-9-8-33-17-7-6-14(2)15(3)10-17/h6-7,10-13,27H,5,8-9H2,1-4H3/b18-11+,27-23?. The Balaban J connectivity index is 1.48. The van der Waals surface area contributed by atoms with Gasteiger partial charge in [0, 0.05) is 0 Å². The van der Waals surface area contributed by atoms with Crippen molar-refractivity contribution < 1.29 is 19.0 Å². The SMILES string of the molecule is CCC1=NN2C(=N)/C(=C\c3cc(I)c(OCCOc4ccc(C)c(C)c4)c(OC)c3)C(=O)N=C2S1. The smallest absolute Gasteiger partial charge is 0.283 e. The molecule has 0 saturated heterocycles. The summed E-state index contributed by atoms with van der Waals surface area (Å²) in [6.45, 7) is 6.81. The van der Waals surface area contributed by atoms with Gasteiger partial charge in [-0.05, 0) is 102 Å². The summed E-state index contributed by atoms with van der Waals surface area (Å²) < 4.78 is 18.1. The number of nitrogens with zero attached hydrogens (tertiary/aromatic N) is 3. The van der Waals surface area contributed by atoms with E-state index in [0.717, 1.165) is 14.4 Å². The molecule has 0 spiro atoms. The maximum Gasteiger partial charge on any atom is 0.283 e. The molecule has 2 heterocycles. The first-order valence-electron chi connectivity index (χ1n) is 11.0. The number of amidine groups is 2. The number of rotatable bonds is 8. The fourth-order valence-electron chi connectivity index (χ4n) is 3.41. The van der Waals surface area contributed by atoms with Crippen molar-refractivity contribution in [1.82, 2.24) is 5.01 Å². The summed E-state index contributed by atoms with van der Waals surface area (Å²) >= 11 is 3.49. The molecule has 2 aliphatic heterocycles. The van der Waals surface area contributed by atoms with Crippen LogP contribution in [0.15, 0.2) is 46.0 Å². The van der Waals surface area contributed by atoms with Crippen LogP contribution in [0, 0.1) is 22.8 Å². The molecule has 8 nitrogen and oxygen atoms in total. The number of aryl methyl sites for hydroxylation is 2. The minimum Gasteiger partial charge on any atom is -0.493 e. The van der Waals surface area contributed by atoms with Crippen LogP contribution >= 0.6 is 34.4 Å². The predicted octanol–water partition coefficient (Wildman–Crippen LogP) is 5.40. The Morgan fingerprint density at radius 3 is 2.63 bits per heavy atom. The summed E-state index contributed by atoms with van der Waals surface area (Å²) in [6, 6.07) is 9.63. The zero-order valence-electron chi connectivity index (χ0n) is 19.8. The van der Waals surface area contributed by atoms with E-state index in [9.17, 15) is 4.79 Å². The number of carbonyl (C=O) groups is 1. The highest BCUT2D eigenvalue weighted by Gasteiger charge is 2.35. The highest BCUT2D eigenvalue weighted by atomic mass is 127. The number of thioether (sulfide) groups is 1. The van der Waals surface area contributed by atoms with Crippen molar-refractivity contribution in [3.8, 4) is 17.2 Å². The van der Waals surface area contributed by atoms with Crippen LogP contribution in [0.4, 0.5) is 0 Å². The number of amides is 1. The fraction of sp³-hybridized carbons (Fsp3) is 0.280. The minimum atomic E-state index is -0.459. The number of hydrazone groups is 1. The number of carbonyl (C=O) groups excluding carboxylic acids is 1. The second-order valence-electron chi connectivity index (χ2n) is 7.84. The van der Waals surface area contributed by atoms with E-state index in [2.05, 4.69) is 46.5 Å². The Kier molecular flexibility index (Phi) is 7.80. The molecule has 0 aliphatic carbocycles. The van der Waals surface area contributed by atoms with Crippen LogP contribution < -0.4 is 14.2 Å². The van der Waals surface area contributed by atoms with E-state index < -0.39 is 5.91 Å². The normalized spacial score (nSPS) is 16.3. The van der Waals surface area contributed by atoms with E-state index >= 15 is 0 Å². The average Bonchev–Trinajstić information content (AvgIpc) is 3.25. The zero-order valence-corrected chi connectivity index (χ0v) is 22.8. The Bertz CT molecular complexity index is 1290. The van der Waals surface area contributed by atoms with Gasteiger partial charge in [0.25, 0.3) is 5.91 Å². The van der Waals surface area contributed by atoms with E-state index in [-0.39, 0.29) is 11.4 Å². The summed E-state index contributed by atoms with van der Waals surface area (Å²) in [4.78, 5) is 16.7. The Hall–Kier alpha value is -2.86. The second kappa shape index (κ2) is 10.8. The van der Waals surface area contributed by atoms with Crippen molar-refractivity contribution in [2.75, 3.05) is 20.3 Å². The molecule has 0 atom stereocenters. The fourth-order valence-corrected chi connectivity index (χ4v) is 5.02. The molecule has 0 fully saturated rings. The monoisotopic (exact) mass is 604 g/mol. The zero-order chi connectivity index (χ0) is 25.1. The van der Waals surface area contributed by atoms with Crippen molar-refractivity contribution >= 4 is 62.4 Å². The molecule has 35 heavy (non-hydrogen) atoms. The molecule has 1 N–H and O–H groups in total. The molecule has 0 bridgehead atoms. The van der Waals surface area contributed by atoms with Crippen LogP contribution in [0.25, 0.3) is 6.08 Å². The number of fused-ring (bicyclic) bond motifs is 1. The maximum absolute atomic E-state index is 12.6. The van der Waals surface area contributed by atoms with Crippen molar-refractivity contribution in [2.45, 2.75) is 27.2 Å². The molecule has 0 saturated carbocycles. The van der Waals surface area contributed by atoms with Gasteiger partial charge in [-0.15, -0.1) is 0 Å². The number of hydrogen-bond donors (Lipinski definition) is 1. The largest absolute Gasteiger partial charge is 0.493 e. The lowest BCUT2D eigenvalue weighted by molar-refractivity contribution is -0.114. The highest BCUT2D eigenvalue weighted by Crippen LogP contribution is 2.35. The van der Waals surface area contributed by atoms with Crippen molar-refractivity contribution in [3.63, 3.8) is 0 Å². The summed E-state index contributed by atoms with van der Waals surface area (Å²) in [6.07, 6.45) is 2.35. The van der Waals surface area contributed by atoms with Gasteiger partial charge in [0.15, 0.2) is 17.3 Å². The van der Waals surface area contributed by atoms with Crippen LogP contribution in [-0.2, 0) is 4.79 Å². The number of hydrogen-bond acceptors (Lipinski definition) is 7. The summed E-state index contributed by atoms with van der Waals surface area (Å²) in [5, 5.41) is 15.5. The first-order valence-corrected chi connectivity index (χ1v) is 12.9. The lowest BCUT2D eigenvalue weighted by atomic mass is 10.1. The third-order valence-corrected chi connectivity index (χ3v) is 7.29. The van der Waals surface area contributed by atoms with Crippen molar-refractivity contribution in [3.05, 3.63) is 56.2 Å². The first-order chi connectivity index (χ1) is 16.8. The van der Waals surface area contributed by atoms with Crippen LogP contribution in [-0.4, -0.2) is 47.3 Å². The highest BCUT2D eigenvalue weighted by molar-refractivity contribution is 14.1. The maximum atomic E-state index is 12.6. The molecule has 2 aromatic carbocycles. The first kappa shape index (κ1) is 25.2. The van der Waals surface area contributed by atoms with Crippen molar-refractivity contribution in [2.24, 2.45) is 10.1 Å². The predicted molar refractivity (Wildman–Crippen MR) is 148 cm³/mol. The molecule has 2 aliphatic rings. The molecule has 4 rings (SSSR count). The van der Waals surface area contributed by atoms with Gasteiger partial charge in [0.1, 0.15) is 24.0 Å². The second-order valence-corrected chi connectivity index (χ2v) is 10.0. The third kappa shape index (κ3) is 5.53. The van der Waals surface area contributed by atoms with Gasteiger partial charge in [-0.25, -0.2) is 0 Å². The molecule has 2 aromatic rings. The molecule has 0 unspecified atom stereocenters. The number of halogens is 1. The van der Waals surface area contributed by atoms with Crippen LogP contribution in [0.3, 0.4) is 0 Å². The van der Waals surface area contributed by atoms with Gasteiger partial charge in [0.05, 0.1) is 16.3 Å². The van der Waals surface area contributed by atoms with Gasteiger partial charge >= 0.3 is 0 Å². The lowest BCUT2D eigenvalue weighted by Gasteiger charge is -2.20. The minimum absolute atomic E-state index is 0.00810. The van der Waals surface area contributed by atoms with Crippen molar-refractivity contribution in [1.29, 1.82) is 5.41 Å². The number of nitrogens with one attached hydrogen (secondary N) is 1. The quantitative estimate of drug-likeness (QED) is 0.246. The van der Waals surface area contributed by atoms with Gasteiger partial charge in [0.2, 0.25) is 5.17 Å².